The maximum atomic E-state index is 2.66. The van der Waals surface area contributed by atoms with Crippen LogP contribution in [-0.4, -0.2) is 0 Å². The molecule has 0 radical (unpaired) electrons. The molecule has 0 spiro atoms. The lowest BCUT2D eigenvalue weighted by Gasteiger charge is -2.44. The fourth-order valence-electron chi connectivity index (χ4n) is 5.19. The van der Waals surface area contributed by atoms with Gasteiger partial charge in [0.15, 0.2) is 0 Å². The van der Waals surface area contributed by atoms with E-state index in [-0.39, 0.29) is 0 Å². The molecule has 0 saturated heterocycles. The first-order valence-corrected chi connectivity index (χ1v) is 11.3. The summed E-state index contributed by atoms with van der Waals surface area (Å²) in [6, 6.07) is 21.8. The molecule has 0 aliphatic heterocycles. The van der Waals surface area contributed by atoms with Crippen molar-refractivity contribution < 1.29 is 0 Å². The zero-order chi connectivity index (χ0) is 17.5. The van der Waals surface area contributed by atoms with E-state index in [0.717, 1.165) is 0 Å². The van der Waals surface area contributed by atoms with Gasteiger partial charge in [0.2, 0.25) is 0 Å². The van der Waals surface area contributed by atoms with Crippen LogP contribution in [-0.2, 0) is 0 Å². The summed E-state index contributed by atoms with van der Waals surface area (Å²) in [5.41, 5.74) is 0.777. The standard InChI is InChI=1S/C24H24S2/c1-3-9-19(10-4-1)25-21-15-23-13-7-8-14-24(23,16-21)18-22(17-23)26-20-11-5-2-6-12-20/h1-6,9-12,15,17H,7-8,13-14,16,18H2. The van der Waals surface area contributed by atoms with E-state index in [1.165, 1.54) is 48.3 Å². The molecule has 0 atom stereocenters. The van der Waals surface area contributed by atoms with E-state index in [2.05, 4.69) is 72.8 Å². The van der Waals surface area contributed by atoms with Crippen LogP contribution in [0.15, 0.2) is 92.4 Å². The summed E-state index contributed by atoms with van der Waals surface area (Å²) in [4.78, 5) is 5.95. The van der Waals surface area contributed by atoms with Crippen LogP contribution >= 0.6 is 23.5 Å². The van der Waals surface area contributed by atoms with Gasteiger partial charge >= 0.3 is 0 Å². The molecule has 0 aromatic heterocycles. The zero-order valence-corrected chi connectivity index (χ0v) is 16.6. The van der Waals surface area contributed by atoms with Gasteiger partial charge in [0.05, 0.1) is 0 Å². The Morgan fingerprint density at radius 3 is 1.62 bits per heavy atom. The van der Waals surface area contributed by atoms with Crippen LogP contribution in [0, 0.1) is 10.8 Å². The molecule has 26 heavy (non-hydrogen) atoms. The van der Waals surface area contributed by atoms with Crippen LogP contribution in [0.3, 0.4) is 0 Å². The summed E-state index contributed by atoms with van der Waals surface area (Å²) in [7, 11) is 0. The number of thioether (sulfide) groups is 2. The second kappa shape index (κ2) is 6.65. The van der Waals surface area contributed by atoms with Crippen LogP contribution in [0.4, 0.5) is 0 Å². The van der Waals surface area contributed by atoms with E-state index in [9.17, 15) is 0 Å². The highest BCUT2D eigenvalue weighted by Crippen LogP contribution is 2.69. The summed E-state index contributed by atoms with van der Waals surface area (Å²) >= 11 is 3.99. The first-order valence-electron chi connectivity index (χ1n) is 9.66. The number of hydrogen-bond acceptors (Lipinski definition) is 2. The molecule has 2 heteroatoms. The normalized spacial score (nSPS) is 29.7. The first-order chi connectivity index (χ1) is 12.8. The van der Waals surface area contributed by atoms with Gasteiger partial charge in [-0.15, -0.1) is 0 Å². The van der Waals surface area contributed by atoms with Crippen molar-refractivity contribution in [2.75, 3.05) is 0 Å². The number of hydrogen-bond donors (Lipinski definition) is 0. The van der Waals surface area contributed by atoms with Crippen LogP contribution in [0.1, 0.15) is 38.5 Å². The molecule has 1 fully saturated rings. The third-order valence-corrected chi connectivity index (χ3v) is 8.39. The van der Waals surface area contributed by atoms with Gasteiger partial charge in [0.1, 0.15) is 0 Å². The Morgan fingerprint density at radius 2 is 1.12 bits per heavy atom. The van der Waals surface area contributed by atoms with E-state index in [0.29, 0.717) is 10.8 Å². The number of benzene rings is 2. The van der Waals surface area contributed by atoms with E-state index in [1.807, 2.05) is 23.5 Å². The summed E-state index contributed by atoms with van der Waals surface area (Å²) in [5.74, 6) is 0. The van der Waals surface area contributed by atoms with Crippen molar-refractivity contribution in [3.05, 3.63) is 82.6 Å². The van der Waals surface area contributed by atoms with Crippen molar-refractivity contribution in [2.24, 2.45) is 10.8 Å². The highest BCUT2D eigenvalue weighted by molar-refractivity contribution is 8.03. The molecule has 0 amide bonds. The van der Waals surface area contributed by atoms with Crippen LogP contribution in [0.5, 0.6) is 0 Å². The van der Waals surface area contributed by atoms with Crippen molar-refractivity contribution >= 4 is 23.5 Å². The summed E-state index contributed by atoms with van der Waals surface area (Å²) < 4.78 is 0. The SMILES string of the molecule is C1=C(Sc2ccccc2)CC23CCCCC12C=C(Sc1ccccc1)C3. The fraction of sp³-hybridized carbons (Fsp3) is 0.333. The number of allylic oxidation sites excluding steroid dienone is 4. The second-order valence-corrected chi connectivity index (χ2v) is 10.3. The topological polar surface area (TPSA) is 0 Å². The largest absolute Gasteiger partial charge is 0.0948 e. The lowest BCUT2D eigenvalue weighted by atomic mass is 9.59. The van der Waals surface area contributed by atoms with Gasteiger partial charge < -0.3 is 0 Å². The summed E-state index contributed by atoms with van der Waals surface area (Å²) in [6.07, 6.45) is 13.3. The Morgan fingerprint density at radius 1 is 0.615 bits per heavy atom. The Kier molecular flexibility index (Phi) is 4.29. The molecule has 3 aliphatic carbocycles. The Hall–Kier alpha value is -1.38. The average Bonchev–Trinajstić information content (AvgIpc) is 3.12. The minimum Gasteiger partial charge on any atom is -0.0948 e. The van der Waals surface area contributed by atoms with Gasteiger partial charge in [-0.2, -0.15) is 0 Å². The molecular weight excluding hydrogens is 352 g/mol. The van der Waals surface area contributed by atoms with Crippen molar-refractivity contribution in [1.29, 1.82) is 0 Å². The van der Waals surface area contributed by atoms with Gasteiger partial charge in [0.25, 0.3) is 0 Å². The molecule has 2 aromatic rings. The molecule has 0 heterocycles. The quantitative estimate of drug-likeness (QED) is 0.536. The van der Waals surface area contributed by atoms with Crippen molar-refractivity contribution in [3.63, 3.8) is 0 Å². The van der Waals surface area contributed by atoms with Gasteiger partial charge in [-0.05, 0) is 65.2 Å². The van der Waals surface area contributed by atoms with E-state index < -0.39 is 0 Å². The number of rotatable bonds is 4. The molecule has 0 N–H and O–H groups in total. The summed E-state index contributed by atoms with van der Waals surface area (Å²) in [6.45, 7) is 0. The molecule has 2 aromatic carbocycles. The Labute approximate surface area is 165 Å². The Balaban J connectivity index is 1.44. The molecular formula is C24H24S2. The zero-order valence-electron chi connectivity index (χ0n) is 15.0. The minimum atomic E-state index is 0.319. The maximum absolute atomic E-state index is 2.66. The lowest BCUT2D eigenvalue weighted by Crippen LogP contribution is -2.35. The fourth-order valence-corrected chi connectivity index (χ4v) is 7.62. The highest BCUT2D eigenvalue weighted by atomic mass is 32.2. The predicted octanol–water partition coefficient (Wildman–Crippen LogP) is 7.69. The third-order valence-electron chi connectivity index (χ3n) is 6.33. The van der Waals surface area contributed by atoms with Crippen LogP contribution < -0.4 is 0 Å². The van der Waals surface area contributed by atoms with Crippen LogP contribution in [0.25, 0.3) is 0 Å². The lowest BCUT2D eigenvalue weighted by molar-refractivity contribution is 0.102. The third kappa shape index (κ3) is 2.88. The average molecular weight is 377 g/mol. The van der Waals surface area contributed by atoms with Gasteiger partial charge in [0, 0.05) is 15.2 Å². The van der Waals surface area contributed by atoms with E-state index >= 15 is 0 Å². The van der Waals surface area contributed by atoms with Crippen molar-refractivity contribution in [2.45, 2.75) is 48.3 Å². The summed E-state index contributed by atoms with van der Waals surface area (Å²) in [5, 5.41) is 0. The highest BCUT2D eigenvalue weighted by Gasteiger charge is 2.57. The van der Waals surface area contributed by atoms with Gasteiger partial charge in [-0.1, -0.05) is 84.9 Å². The van der Waals surface area contributed by atoms with Crippen LogP contribution in [0.2, 0.25) is 0 Å². The van der Waals surface area contributed by atoms with Gasteiger partial charge in [-0.3, -0.25) is 0 Å². The smallest absolute Gasteiger partial charge is 0.0146 e. The second-order valence-electron chi connectivity index (χ2n) is 7.93. The Bertz CT molecular complexity index is 787. The maximum Gasteiger partial charge on any atom is 0.0146 e. The van der Waals surface area contributed by atoms with Crippen molar-refractivity contribution in [3.8, 4) is 0 Å². The molecule has 0 unspecified atom stereocenters. The predicted molar refractivity (Wildman–Crippen MR) is 113 cm³/mol. The molecule has 132 valence electrons. The minimum absolute atomic E-state index is 0.319. The molecule has 5 rings (SSSR count). The monoisotopic (exact) mass is 376 g/mol. The van der Waals surface area contributed by atoms with E-state index in [1.54, 1.807) is 9.81 Å². The van der Waals surface area contributed by atoms with E-state index in [4.69, 9.17) is 0 Å². The van der Waals surface area contributed by atoms with Crippen molar-refractivity contribution in [1.82, 2.24) is 0 Å². The van der Waals surface area contributed by atoms with Gasteiger partial charge in [-0.25, -0.2) is 0 Å². The first kappa shape index (κ1) is 16.8. The molecule has 0 nitrogen and oxygen atoms in total. The molecule has 3 aliphatic rings. The molecule has 0 bridgehead atoms. The molecule has 1 saturated carbocycles.